The van der Waals surface area contributed by atoms with Gasteiger partial charge in [-0.15, -0.1) is 0 Å². The quantitative estimate of drug-likeness (QED) is 0.578. The summed E-state index contributed by atoms with van der Waals surface area (Å²) in [6.45, 7) is 6.74. The Morgan fingerprint density at radius 1 is 1.24 bits per heavy atom. The molecule has 2 rings (SSSR count). The van der Waals surface area contributed by atoms with Gasteiger partial charge in [-0.3, -0.25) is 0 Å². The lowest BCUT2D eigenvalue weighted by Crippen LogP contribution is -2.17. The van der Waals surface area contributed by atoms with Gasteiger partial charge in [0.25, 0.3) is 0 Å². The summed E-state index contributed by atoms with van der Waals surface area (Å²) in [5, 5.41) is 3.41. The molecule has 1 aliphatic rings. The molecular weight excluding hydrogens is 262 g/mol. The van der Waals surface area contributed by atoms with Crippen LogP contribution >= 0.6 is 0 Å². The molecule has 0 saturated carbocycles. The van der Waals surface area contributed by atoms with E-state index in [0.29, 0.717) is 6.61 Å². The second-order valence-electron chi connectivity index (χ2n) is 5.41. The molecule has 21 heavy (non-hydrogen) atoms. The van der Waals surface area contributed by atoms with Gasteiger partial charge >= 0.3 is 0 Å². The molecule has 3 heteroatoms. The number of ether oxygens (including phenoxy) is 2. The summed E-state index contributed by atoms with van der Waals surface area (Å²) < 4.78 is 11.8. The highest BCUT2D eigenvalue weighted by Gasteiger charge is 2.13. The zero-order chi connectivity index (χ0) is 14.9. The van der Waals surface area contributed by atoms with Crippen molar-refractivity contribution in [2.24, 2.45) is 0 Å². The van der Waals surface area contributed by atoms with Crippen LogP contribution in [0.15, 0.2) is 30.4 Å². The Bertz CT molecular complexity index is 457. The normalized spacial score (nSPS) is 17.7. The van der Waals surface area contributed by atoms with Crippen LogP contribution in [0.4, 0.5) is 0 Å². The van der Waals surface area contributed by atoms with Crippen molar-refractivity contribution < 1.29 is 9.47 Å². The highest BCUT2D eigenvalue weighted by Crippen LogP contribution is 2.31. The van der Waals surface area contributed by atoms with E-state index in [0.717, 1.165) is 37.4 Å². The first-order valence-corrected chi connectivity index (χ1v) is 8.13. The van der Waals surface area contributed by atoms with Crippen molar-refractivity contribution in [2.75, 3.05) is 13.2 Å². The minimum Gasteiger partial charge on any atom is -0.490 e. The third-order valence-electron chi connectivity index (χ3n) is 3.55. The predicted octanol–water partition coefficient (Wildman–Crippen LogP) is 4.07. The maximum Gasteiger partial charge on any atom is 0.162 e. The number of hydrogen-bond acceptors (Lipinski definition) is 3. The molecule has 0 aliphatic heterocycles. The summed E-state index contributed by atoms with van der Waals surface area (Å²) >= 11 is 0. The van der Waals surface area contributed by atoms with E-state index in [9.17, 15) is 0 Å². The molecule has 0 bridgehead atoms. The van der Waals surface area contributed by atoms with Crippen LogP contribution in [0.3, 0.4) is 0 Å². The molecule has 1 aliphatic carbocycles. The number of allylic oxidation sites excluding steroid dienone is 1. The Labute approximate surface area is 128 Å². The van der Waals surface area contributed by atoms with Crippen molar-refractivity contribution >= 4 is 0 Å². The monoisotopic (exact) mass is 289 g/mol. The fourth-order valence-electron chi connectivity index (χ4n) is 2.48. The standard InChI is InChI=1S/C18H27NO2/c1-3-12-19-14-15-10-11-17(18(13-15)20-4-2)21-16-8-6-5-7-9-16/h6,8,10-11,13,16,19H,3-5,7,9,12,14H2,1-2H3. The smallest absolute Gasteiger partial charge is 0.162 e. The maximum atomic E-state index is 6.09. The lowest BCUT2D eigenvalue weighted by molar-refractivity contribution is 0.214. The minimum atomic E-state index is 0.182. The Morgan fingerprint density at radius 2 is 2.14 bits per heavy atom. The van der Waals surface area contributed by atoms with Gasteiger partial charge in [0.15, 0.2) is 11.5 Å². The van der Waals surface area contributed by atoms with E-state index in [4.69, 9.17) is 9.47 Å². The molecule has 1 aromatic rings. The highest BCUT2D eigenvalue weighted by molar-refractivity contribution is 5.43. The molecule has 1 atom stereocenters. The molecule has 0 aromatic heterocycles. The first-order valence-electron chi connectivity index (χ1n) is 8.13. The summed E-state index contributed by atoms with van der Waals surface area (Å²) in [5.74, 6) is 1.71. The van der Waals surface area contributed by atoms with Crippen LogP contribution in [0, 0.1) is 0 Å². The van der Waals surface area contributed by atoms with E-state index in [2.05, 4.69) is 36.5 Å². The Hall–Kier alpha value is -1.48. The van der Waals surface area contributed by atoms with E-state index >= 15 is 0 Å². The molecule has 1 aromatic carbocycles. The molecule has 3 nitrogen and oxygen atoms in total. The molecule has 0 spiro atoms. The van der Waals surface area contributed by atoms with Gasteiger partial charge in [0, 0.05) is 6.54 Å². The molecule has 0 fully saturated rings. The Morgan fingerprint density at radius 3 is 2.86 bits per heavy atom. The average Bonchev–Trinajstić information content (AvgIpc) is 2.51. The molecular formula is C18H27NO2. The van der Waals surface area contributed by atoms with Crippen molar-refractivity contribution in [1.29, 1.82) is 0 Å². The van der Waals surface area contributed by atoms with E-state index in [1.165, 1.54) is 18.4 Å². The third kappa shape index (κ3) is 5.09. The molecule has 0 heterocycles. The van der Waals surface area contributed by atoms with Crippen LogP contribution in [-0.2, 0) is 6.54 Å². The fourth-order valence-corrected chi connectivity index (χ4v) is 2.48. The Balaban J connectivity index is 2.04. The van der Waals surface area contributed by atoms with E-state index in [1.807, 2.05) is 13.0 Å². The van der Waals surface area contributed by atoms with Crippen molar-refractivity contribution in [1.82, 2.24) is 5.32 Å². The molecule has 1 unspecified atom stereocenters. The van der Waals surface area contributed by atoms with Gasteiger partial charge in [-0.1, -0.05) is 19.1 Å². The van der Waals surface area contributed by atoms with E-state index in [-0.39, 0.29) is 6.10 Å². The van der Waals surface area contributed by atoms with Crippen molar-refractivity contribution in [2.45, 2.75) is 52.2 Å². The van der Waals surface area contributed by atoms with Gasteiger partial charge in [0.05, 0.1) is 6.61 Å². The largest absolute Gasteiger partial charge is 0.490 e. The van der Waals surface area contributed by atoms with E-state index < -0.39 is 0 Å². The lowest BCUT2D eigenvalue weighted by Gasteiger charge is -2.21. The molecule has 0 radical (unpaired) electrons. The number of benzene rings is 1. The van der Waals surface area contributed by atoms with Gasteiger partial charge in [-0.2, -0.15) is 0 Å². The first kappa shape index (κ1) is 15.9. The van der Waals surface area contributed by atoms with Gasteiger partial charge < -0.3 is 14.8 Å². The van der Waals surface area contributed by atoms with Crippen LogP contribution in [-0.4, -0.2) is 19.3 Å². The summed E-state index contributed by atoms with van der Waals surface area (Å²) in [6.07, 6.45) is 9.15. The van der Waals surface area contributed by atoms with Gasteiger partial charge in [0.1, 0.15) is 6.10 Å². The van der Waals surface area contributed by atoms with Gasteiger partial charge in [-0.25, -0.2) is 0 Å². The van der Waals surface area contributed by atoms with Crippen molar-refractivity contribution in [3.8, 4) is 11.5 Å². The maximum absolute atomic E-state index is 6.09. The Kier molecular flexibility index (Phi) is 6.61. The summed E-state index contributed by atoms with van der Waals surface area (Å²) in [4.78, 5) is 0. The lowest BCUT2D eigenvalue weighted by atomic mass is 10.1. The number of hydrogen-bond donors (Lipinski definition) is 1. The van der Waals surface area contributed by atoms with E-state index in [1.54, 1.807) is 0 Å². The van der Waals surface area contributed by atoms with Gasteiger partial charge in [-0.05, 0) is 62.9 Å². The highest BCUT2D eigenvalue weighted by atomic mass is 16.5. The topological polar surface area (TPSA) is 30.5 Å². The second-order valence-corrected chi connectivity index (χ2v) is 5.41. The molecule has 0 amide bonds. The van der Waals surface area contributed by atoms with Crippen LogP contribution in [0.25, 0.3) is 0 Å². The summed E-state index contributed by atoms with van der Waals surface area (Å²) in [6, 6.07) is 6.25. The van der Waals surface area contributed by atoms with Crippen LogP contribution in [0.1, 0.15) is 45.1 Å². The van der Waals surface area contributed by atoms with Crippen LogP contribution in [0.5, 0.6) is 11.5 Å². The fraction of sp³-hybridized carbons (Fsp3) is 0.556. The summed E-state index contributed by atoms with van der Waals surface area (Å²) in [5.41, 5.74) is 1.23. The van der Waals surface area contributed by atoms with Crippen LogP contribution in [0.2, 0.25) is 0 Å². The van der Waals surface area contributed by atoms with Crippen LogP contribution < -0.4 is 14.8 Å². The predicted molar refractivity (Wildman–Crippen MR) is 87.0 cm³/mol. The second kappa shape index (κ2) is 8.73. The van der Waals surface area contributed by atoms with Gasteiger partial charge in [0.2, 0.25) is 0 Å². The molecule has 0 saturated heterocycles. The number of rotatable bonds is 8. The van der Waals surface area contributed by atoms with Crippen molar-refractivity contribution in [3.63, 3.8) is 0 Å². The zero-order valence-electron chi connectivity index (χ0n) is 13.2. The third-order valence-corrected chi connectivity index (χ3v) is 3.55. The molecule has 116 valence electrons. The summed E-state index contributed by atoms with van der Waals surface area (Å²) in [7, 11) is 0. The SMILES string of the molecule is CCCNCc1ccc(OC2C=CCCC2)c(OCC)c1. The zero-order valence-corrected chi connectivity index (χ0v) is 13.2. The average molecular weight is 289 g/mol. The number of nitrogens with one attached hydrogen (secondary N) is 1. The minimum absolute atomic E-state index is 0.182. The molecule has 1 N–H and O–H groups in total. The first-order chi connectivity index (χ1) is 10.3. The van der Waals surface area contributed by atoms with Crippen molar-refractivity contribution in [3.05, 3.63) is 35.9 Å².